The van der Waals surface area contributed by atoms with Gasteiger partial charge in [-0.15, -0.1) is 0 Å². The first-order chi connectivity index (χ1) is 14.0. The monoisotopic (exact) mass is 396 g/mol. The Kier molecular flexibility index (Phi) is 5.30. The molecule has 154 valence electrons. The van der Waals surface area contributed by atoms with E-state index in [4.69, 9.17) is 4.74 Å². The van der Waals surface area contributed by atoms with Crippen molar-refractivity contribution < 1.29 is 14.3 Å². The topological polar surface area (TPSA) is 67.7 Å². The second kappa shape index (κ2) is 7.89. The molecule has 0 atom stereocenters. The van der Waals surface area contributed by atoms with Crippen LogP contribution in [0.15, 0.2) is 24.4 Å². The Morgan fingerprint density at radius 1 is 1.24 bits per heavy atom. The summed E-state index contributed by atoms with van der Waals surface area (Å²) < 4.78 is 7.08. The molecule has 29 heavy (non-hydrogen) atoms. The van der Waals surface area contributed by atoms with Gasteiger partial charge in [0.2, 0.25) is 0 Å². The molecule has 0 bridgehead atoms. The predicted molar refractivity (Wildman–Crippen MR) is 110 cm³/mol. The first-order valence-corrected chi connectivity index (χ1v) is 10.4. The molecule has 0 N–H and O–H groups in total. The van der Waals surface area contributed by atoms with Crippen LogP contribution in [0, 0.1) is 6.92 Å². The third kappa shape index (κ3) is 3.39. The molecule has 7 nitrogen and oxygen atoms in total. The summed E-state index contributed by atoms with van der Waals surface area (Å²) in [5.74, 6) is 0.0244. The number of carbonyl (C=O) groups excluding carboxylic acids is 2. The zero-order valence-corrected chi connectivity index (χ0v) is 17.4. The van der Waals surface area contributed by atoms with Crippen LogP contribution in [0.2, 0.25) is 0 Å². The second-order valence-corrected chi connectivity index (χ2v) is 7.72. The van der Waals surface area contributed by atoms with E-state index in [1.54, 1.807) is 11.1 Å². The van der Waals surface area contributed by atoms with E-state index in [9.17, 15) is 9.59 Å². The van der Waals surface area contributed by atoms with E-state index in [0.717, 1.165) is 41.8 Å². The van der Waals surface area contributed by atoms with Crippen molar-refractivity contribution >= 4 is 17.7 Å². The number of carbonyl (C=O) groups is 2. The number of aromatic nitrogens is 2. The third-order valence-electron chi connectivity index (χ3n) is 6.14. The SMILES string of the molecule is CCC(CC)n1ncc(C(=O)N2CCc3c(cccc3N3CCOC3=O)C2)c1C. The molecule has 2 aromatic rings. The Labute approximate surface area is 171 Å². The highest BCUT2D eigenvalue weighted by molar-refractivity contribution is 5.95. The summed E-state index contributed by atoms with van der Waals surface area (Å²) >= 11 is 0. The summed E-state index contributed by atoms with van der Waals surface area (Å²) in [6, 6.07) is 6.28. The molecule has 2 aliphatic rings. The van der Waals surface area contributed by atoms with Gasteiger partial charge in [-0.25, -0.2) is 4.79 Å². The van der Waals surface area contributed by atoms with Crippen LogP contribution in [0.3, 0.4) is 0 Å². The maximum absolute atomic E-state index is 13.2. The lowest BCUT2D eigenvalue weighted by Gasteiger charge is -2.31. The number of cyclic esters (lactones) is 1. The van der Waals surface area contributed by atoms with Gasteiger partial charge < -0.3 is 9.64 Å². The van der Waals surface area contributed by atoms with Crippen molar-refractivity contribution in [3.05, 3.63) is 46.8 Å². The fraction of sp³-hybridized carbons (Fsp3) is 0.500. The van der Waals surface area contributed by atoms with Crippen LogP contribution in [0.5, 0.6) is 0 Å². The smallest absolute Gasteiger partial charge is 0.414 e. The van der Waals surface area contributed by atoms with Gasteiger partial charge in [-0.3, -0.25) is 14.4 Å². The molecule has 1 aromatic heterocycles. The molecular weight excluding hydrogens is 368 g/mol. The van der Waals surface area contributed by atoms with Crippen molar-refractivity contribution in [2.75, 3.05) is 24.6 Å². The molecule has 3 heterocycles. The maximum Gasteiger partial charge on any atom is 0.414 e. The number of benzene rings is 1. The lowest BCUT2D eigenvalue weighted by Crippen LogP contribution is -2.37. The molecule has 0 radical (unpaired) electrons. The summed E-state index contributed by atoms with van der Waals surface area (Å²) in [4.78, 5) is 28.8. The summed E-state index contributed by atoms with van der Waals surface area (Å²) in [6.45, 7) is 8.44. The molecule has 0 aliphatic carbocycles. The van der Waals surface area contributed by atoms with Crippen LogP contribution in [-0.2, 0) is 17.7 Å². The Morgan fingerprint density at radius 3 is 2.72 bits per heavy atom. The molecule has 0 unspecified atom stereocenters. The molecular formula is C22H28N4O3. The van der Waals surface area contributed by atoms with E-state index < -0.39 is 0 Å². The highest BCUT2D eigenvalue weighted by Crippen LogP contribution is 2.31. The van der Waals surface area contributed by atoms with Crippen molar-refractivity contribution in [2.24, 2.45) is 0 Å². The maximum atomic E-state index is 13.2. The van der Waals surface area contributed by atoms with Crippen molar-refractivity contribution in [3.8, 4) is 0 Å². The Bertz CT molecular complexity index is 932. The zero-order valence-electron chi connectivity index (χ0n) is 17.4. The number of ether oxygens (including phenoxy) is 1. The van der Waals surface area contributed by atoms with Gasteiger partial charge >= 0.3 is 6.09 Å². The number of amides is 2. The standard InChI is InChI=1S/C22H28N4O3/c1-4-17(5-2)26-15(3)19(13-23-26)21(27)24-10-9-18-16(14-24)7-6-8-20(18)25-11-12-29-22(25)28/h6-8,13,17H,4-5,9-12,14H2,1-3H3. The predicted octanol–water partition coefficient (Wildman–Crippen LogP) is 3.71. The summed E-state index contributed by atoms with van der Waals surface area (Å²) in [5.41, 5.74) is 4.75. The average Bonchev–Trinajstić information content (AvgIpc) is 3.33. The van der Waals surface area contributed by atoms with Gasteiger partial charge in [0.25, 0.3) is 5.91 Å². The van der Waals surface area contributed by atoms with Gasteiger partial charge in [-0.1, -0.05) is 26.0 Å². The Morgan fingerprint density at radius 2 is 2.03 bits per heavy atom. The Hall–Kier alpha value is -2.83. The van der Waals surface area contributed by atoms with Crippen molar-refractivity contribution in [1.29, 1.82) is 0 Å². The minimum Gasteiger partial charge on any atom is -0.447 e. The van der Waals surface area contributed by atoms with Crippen molar-refractivity contribution in [1.82, 2.24) is 14.7 Å². The first-order valence-electron chi connectivity index (χ1n) is 10.4. The lowest BCUT2D eigenvalue weighted by atomic mass is 9.96. The molecule has 1 aromatic carbocycles. The lowest BCUT2D eigenvalue weighted by molar-refractivity contribution is 0.0733. The molecule has 1 saturated heterocycles. The van der Waals surface area contributed by atoms with Crippen LogP contribution < -0.4 is 4.90 Å². The zero-order chi connectivity index (χ0) is 20.5. The number of nitrogens with zero attached hydrogens (tertiary/aromatic N) is 4. The number of rotatable bonds is 5. The van der Waals surface area contributed by atoms with Gasteiger partial charge in [-0.05, 0) is 43.4 Å². The van der Waals surface area contributed by atoms with Crippen molar-refractivity contribution in [3.63, 3.8) is 0 Å². The summed E-state index contributed by atoms with van der Waals surface area (Å²) in [5, 5.41) is 4.50. The number of hydrogen-bond donors (Lipinski definition) is 0. The van der Waals surface area contributed by atoms with Crippen LogP contribution in [0.1, 0.15) is 59.9 Å². The number of hydrogen-bond acceptors (Lipinski definition) is 4. The van der Waals surface area contributed by atoms with E-state index in [-0.39, 0.29) is 12.0 Å². The van der Waals surface area contributed by atoms with E-state index in [2.05, 4.69) is 18.9 Å². The largest absolute Gasteiger partial charge is 0.447 e. The van der Waals surface area contributed by atoms with Crippen LogP contribution in [-0.4, -0.2) is 46.4 Å². The first kappa shape index (κ1) is 19.5. The minimum atomic E-state index is -0.290. The van der Waals surface area contributed by atoms with Gasteiger partial charge in [0.05, 0.1) is 30.0 Å². The quantitative estimate of drug-likeness (QED) is 0.773. The molecule has 7 heteroatoms. The highest BCUT2D eigenvalue weighted by atomic mass is 16.6. The molecule has 0 saturated carbocycles. The fourth-order valence-corrected chi connectivity index (χ4v) is 4.43. The number of anilines is 1. The summed E-state index contributed by atoms with van der Waals surface area (Å²) in [7, 11) is 0. The summed E-state index contributed by atoms with van der Waals surface area (Å²) in [6.07, 6.45) is 4.13. The van der Waals surface area contributed by atoms with Crippen molar-refractivity contribution in [2.45, 2.75) is 52.6 Å². The highest BCUT2D eigenvalue weighted by Gasteiger charge is 2.30. The minimum absolute atomic E-state index is 0.0244. The Balaban J connectivity index is 1.56. The van der Waals surface area contributed by atoms with Crippen LogP contribution in [0.25, 0.3) is 0 Å². The van der Waals surface area contributed by atoms with Gasteiger partial charge in [0.15, 0.2) is 0 Å². The van der Waals surface area contributed by atoms with E-state index in [1.165, 1.54) is 0 Å². The molecule has 0 spiro atoms. The molecule has 2 amide bonds. The van der Waals surface area contributed by atoms with E-state index >= 15 is 0 Å². The third-order valence-corrected chi connectivity index (χ3v) is 6.14. The van der Waals surface area contributed by atoms with Crippen LogP contribution in [0.4, 0.5) is 10.5 Å². The fourth-order valence-electron chi connectivity index (χ4n) is 4.43. The average molecular weight is 396 g/mol. The van der Waals surface area contributed by atoms with Crippen LogP contribution >= 0.6 is 0 Å². The molecule has 4 rings (SSSR count). The van der Waals surface area contributed by atoms with Gasteiger partial charge in [0.1, 0.15) is 6.61 Å². The molecule has 1 fully saturated rings. The van der Waals surface area contributed by atoms with Gasteiger partial charge in [-0.2, -0.15) is 5.10 Å². The normalized spacial score (nSPS) is 16.3. The number of fused-ring (bicyclic) bond motifs is 1. The van der Waals surface area contributed by atoms with Gasteiger partial charge in [0, 0.05) is 18.8 Å². The second-order valence-electron chi connectivity index (χ2n) is 7.72. The van der Waals surface area contributed by atoms with E-state index in [1.807, 2.05) is 34.7 Å². The molecule has 2 aliphatic heterocycles. The van der Waals surface area contributed by atoms with E-state index in [0.29, 0.717) is 37.8 Å².